The average Bonchev–Trinajstić information content (AvgIpc) is 2.02. The molecule has 0 spiro atoms. The summed E-state index contributed by atoms with van der Waals surface area (Å²) in [6, 6.07) is 0. The van der Waals surface area contributed by atoms with E-state index >= 15 is 0 Å². The van der Waals surface area contributed by atoms with Crippen molar-refractivity contribution in [1.82, 2.24) is 0 Å². The van der Waals surface area contributed by atoms with Crippen molar-refractivity contribution >= 4 is 5.91 Å². The second kappa shape index (κ2) is 8.49. The summed E-state index contributed by atoms with van der Waals surface area (Å²) in [6.07, 6.45) is 2.19. The van der Waals surface area contributed by atoms with Crippen molar-refractivity contribution in [2.75, 3.05) is 26.4 Å². The molecule has 0 atom stereocenters. The van der Waals surface area contributed by atoms with Gasteiger partial charge in [0.05, 0.1) is 13.2 Å². The van der Waals surface area contributed by atoms with Gasteiger partial charge >= 0.3 is 0 Å². The SMILES string of the molecule is CCCCOCCOCC(N)=O. The lowest BCUT2D eigenvalue weighted by molar-refractivity contribution is -0.123. The number of amides is 1. The summed E-state index contributed by atoms with van der Waals surface area (Å²) in [4.78, 5) is 10.2. The molecule has 0 aromatic heterocycles. The van der Waals surface area contributed by atoms with Crippen LogP contribution in [0.3, 0.4) is 0 Å². The maximum absolute atomic E-state index is 10.2. The van der Waals surface area contributed by atoms with Crippen LogP contribution in [0, 0.1) is 0 Å². The lowest BCUT2D eigenvalue weighted by Gasteiger charge is -2.02. The van der Waals surface area contributed by atoms with Crippen LogP contribution in [0.2, 0.25) is 0 Å². The first-order valence-electron chi connectivity index (χ1n) is 4.21. The van der Waals surface area contributed by atoms with E-state index in [2.05, 4.69) is 6.92 Å². The lowest BCUT2D eigenvalue weighted by Crippen LogP contribution is -2.19. The van der Waals surface area contributed by atoms with E-state index in [1.54, 1.807) is 0 Å². The maximum Gasteiger partial charge on any atom is 0.243 e. The first-order chi connectivity index (χ1) is 5.77. The number of ether oxygens (including phenoxy) is 2. The third-order valence-corrected chi connectivity index (χ3v) is 1.26. The van der Waals surface area contributed by atoms with Crippen LogP contribution in [0.15, 0.2) is 0 Å². The fraction of sp³-hybridized carbons (Fsp3) is 0.875. The molecule has 0 aliphatic heterocycles. The van der Waals surface area contributed by atoms with Crippen LogP contribution in [0.4, 0.5) is 0 Å². The van der Waals surface area contributed by atoms with Crippen molar-refractivity contribution < 1.29 is 14.3 Å². The highest BCUT2D eigenvalue weighted by atomic mass is 16.5. The zero-order chi connectivity index (χ0) is 9.23. The fourth-order valence-electron chi connectivity index (χ4n) is 0.639. The van der Waals surface area contributed by atoms with Crippen LogP contribution < -0.4 is 5.73 Å². The van der Waals surface area contributed by atoms with Crippen LogP contribution in [0.5, 0.6) is 0 Å². The molecule has 0 rings (SSSR count). The molecule has 4 heteroatoms. The van der Waals surface area contributed by atoms with Crippen molar-refractivity contribution in [1.29, 1.82) is 0 Å². The average molecular weight is 175 g/mol. The molecule has 0 saturated carbocycles. The lowest BCUT2D eigenvalue weighted by atomic mass is 10.4. The number of carbonyl (C=O) groups excluding carboxylic acids is 1. The Morgan fingerprint density at radius 1 is 1.25 bits per heavy atom. The number of hydrogen-bond acceptors (Lipinski definition) is 3. The van der Waals surface area contributed by atoms with Gasteiger partial charge in [-0.3, -0.25) is 4.79 Å². The van der Waals surface area contributed by atoms with Crippen molar-refractivity contribution in [3.63, 3.8) is 0 Å². The largest absolute Gasteiger partial charge is 0.379 e. The molecule has 0 bridgehead atoms. The number of carbonyl (C=O) groups is 1. The van der Waals surface area contributed by atoms with Crippen LogP contribution in [-0.2, 0) is 14.3 Å². The second-order valence-corrected chi connectivity index (χ2v) is 2.48. The van der Waals surface area contributed by atoms with E-state index < -0.39 is 5.91 Å². The third-order valence-electron chi connectivity index (χ3n) is 1.26. The first-order valence-corrected chi connectivity index (χ1v) is 4.21. The first kappa shape index (κ1) is 11.4. The molecule has 0 aliphatic carbocycles. The highest BCUT2D eigenvalue weighted by Crippen LogP contribution is 1.87. The standard InChI is InChI=1S/C8H17NO3/c1-2-3-4-11-5-6-12-7-8(9)10/h2-7H2,1H3,(H2,9,10). The normalized spacial score (nSPS) is 10.1. The Kier molecular flexibility index (Phi) is 8.05. The predicted molar refractivity (Wildman–Crippen MR) is 45.7 cm³/mol. The van der Waals surface area contributed by atoms with E-state index in [0.29, 0.717) is 13.2 Å². The quantitative estimate of drug-likeness (QED) is 0.540. The Hall–Kier alpha value is -0.610. The minimum atomic E-state index is -0.441. The third kappa shape index (κ3) is 9.39. The van der Waals surface area contributed by atoms with Crippen LogP contribution in [0.25, 0.3) is 0 Å². The Balaban J connectivity index is 2.86. The molecule has 0 aromatic rings. The summed E-state index contributed by atoms with van der Waals surface area (Å²) in [5.74, 6) is -0.441. The van der Waals surface area contributed by atoms with Crippen molar-refractivity contribution in [3.05, 3.63) is 0 Å². The molecule has 0 heterocycles. The molecule has 1 amide bonds. The van der Waals surface area contributed by atoms with Crippen LogP contribution in [-0.4, -0.2) is 32.3 Å². The summed E-state index contributed by atoms with van der Waals surface area (Å²) in [6.45, 7) is 3.82. The Labute approximate surface area is 73.0 Å². The van der Waals surface area contributed by atoms with Gasteiger partial charge in [-0.05, 0) is 6.42 Å². The summed E-state index contributed by atoms with van der Waals surface area (Å²) in [5.41, 5.74) is 4.85. The van der Waals surface area contributed by atoms with Gasteiger partial charge in [-0.1, -0.05) is 13.3 Å². The van der Waals surface area contributed by atoms with Crippen molar-refractivity contribution in [2.45, 2.75) is 19.8 Å². The Morgan fingerprint density at radius 2 is 1.92 bits per heavy atom. The van der Waals surface area contributed by atoms with Gasteiger partial charge in [0.15, 0.2) is 0 Å². The molecule has 0 fully saturated rings. The topological polar surface area (TPSA) is 61.6 Å². The summed E-state index contributed by atoms with van der Waals surface area (Å²) in [7, 11) is 0. The van der Waals surface area contributed by atoms with E-state index in [1.807, 2.05) is 0 Å². The zero-order valence-corrected chi connectivity index (χ0v) is 7.54. The molecule has 0 radical (unpaired) electrons. The molecule has 2 N–H and O–H groups in total. The van der Waals surface area contributed by atoms with E-state index in [4.69, 9.17) is 15.2 Å². The van der Waals surface area contributed by atoms with Gasteiger partial charge in [-0.25, -0.2) is 0 Å². The molecule has 0 saturated heterocycles. The minimum Gasteiger partial charge on any atom is -0.379 e. The molecular weight excluding hydrogens is 158 g/mol. The van der Waals surface area contributed by atoms with Gasteiger partial charge in [0.1, 0.15) is 6.61 Å². The zero-order valence-electron chi connectivity index (χ0n) is 7.54. The van der Waals surface area contributed by atoms with Gasteiger partial charge < -0.3 is 15.2 Å². The fourth-order valence-corrected chi connectivity index (χ4v) is 0.639. The summed E-state index contributed by atoms with van der Waals surface area (Å²) in [5, 5.41) is 0. The molecule has 0 unspecified atom stereocenters. The smallest absolute Gasteiger partial charge is 0.243 e. The van der Waals surface area contributed by atoms with Crippen molar-refractivity contribution in [2.24, 2.45) is 5.73 Å². The summed E-state index contributed by atoms with van der Waals surface area (Å²) < 4.78 is 10.1. The number of primary amides is 1. The van der Waals surface area contributed by atoms with Crippen LogP contribution >= 0.6 is 0 Å². The highest BCUT2D eigenvalue weighted by Gasteiger charge is 1.93. The Morgan fingerprint density at radius 3 is 2.50 bits per heavy atom. The van der Waals surface area contributed by atoms with Crippen LogP contribution in [0.1, 0.15) is 19.8 Å². The molecule has 4 nitrogen and oxygen atoms in total. The molecule has 0 aliphatic rings. The molecule has 12 heavy (non-hydrogen) atoms. The van der Waals surface area contributed by atoms with Gasteiger partial charge in [0, 0.05) is 6.61 Å². The molecular formula is C8H17NO3. The highest BCUT2D eigenvalue weighted by molar-refractivity contribution is 5.74. The van der Waals surface area contributed by atoms with E-state index in [9.17, 15) is 4.79 Å². The summed E-state index contributed by atoms with van der Waals surface area (Å²) >= 11 is 0. The predicted octanol–water partition coefficient (Wildman–Crippen LogP) is 0.305. The van der Waals surface area contributed by atoms with E-state index in [-0.39, 0.29) is 6.61 Å². The number of unbranched alkanes of at least 4 members (excludes halogenated alkanes) is 1. The van der Waals surface area contributed by atoms with Gasteiger partial charge in [-0.2, -0.15) is 0 Å². The Bertz CT molecular complexity index is 117. The number of hydrogen-bond donors (Lipinski definition) is 1. The van der Waals surface area contributed by atoms with E-state index in [0.717, 1.165) is 19.4 Å². The van der Waals surface area contributed by atoms with Gasteiger partial charge in [-0.15, -0.1) is 0 Å². The number of nitrogens with two attached hydrogens (primary N) is 1. The van der Waals surface area contributed by atoms with E-state index in [1.165, 1.54) is 0 Å². The maximum atomic E-state index is 10.2. The number of rotatable bonds is 8. The van der Waals surface area contributed by atoms with Gasteiger partial charge in [0.25, 0.3) is 0 Å². The monoisotopic (exact) mass is 175 g/mol. The van der Waals surface area contributed by atoms with Crippen molar-refractivity contribution in [3.8, 4) is 0 Å². The molecule has 0 aromatic carbocycles. The second-order valence-electron chi connectivity index (χ2n) is 2.48. The van der Waals surface area contributed by atoms with Gasteiger partial charge in [0.2, 0.25) is 5.91 Å². The minimum absolute atomic E-state index is 0.0167. The molecule has 72 valence electrons.